The van der Waals surface area contributed by atoms with Crippen LogP contribution in [0.2, 0.25) is 0 Å². The molecule has 1 heterocycles. The van der Waals surface area contributed by atoms with E-state index in [0.717, 1.165) is 6.04 Å². The average Bonchev–Trinajstić information content (AvgIpc) is 1.58. The second-order valence-corrected chi connectivity index (χ2v) is 3.18. The zero-order chi connectivity index (χ0) is 5.28. The Bertz CT molecular complexity index is 60.7. The highest BCUT2D eigenvalue weighted by molar-refractivity contribution is 14.1. The van der Waals surface area contributed by atoms with E-state index in [0.29, 0.717) is 0 Å². The molecule has 0 saturated carbocycles. The van der Waals surface area contributed by atoms with E-state index in [9.17, 15) is 0 Å². The lowest BCUT2D eigenvalue weighted by Gasteiger charge is -2.33. The number of likely N-dealkylation sites (N-methyl/N-ethyl adjacent to an activating group) is 1. The minimum absolute atomic E-state index is 0.761. The molecule has 0 aromatic rings. The summed E-state index contributed by atoms with van der Waals surface area (Å²) in [6.07, 6.45) is 0. The monoisotopic (exact) mass is 212 g/mol. The summed E-state index contributed by atoms with van der Waals surface area (Å²) in [7, 11) is 2.01. The van der Waals surface area contributed by atoms with Crippen LogP contribution >= 0.6 is 22.9 Å². The summed E-state index contributed by atoms with van der Waals surface area (Å²) >= 11 is 2.33. The first-order valence-electron chi connectivity index (χ1n) is 2.41. The Balaban J connectivity index is 2.06. The Hall–Kier alpha value is 0.650. The van der Waals surface area contributed by atoms with Gasteiger partial charge >= 0.3 is 0 Å². The number of nitrogens with one attached hydrogen (secondary N) is 1. The van der Waals surface area contributed by atoms with E-state index in [2.05, 4.69) is 31.3 Å². The molecule has 1 saturated heterocycles. The lowest BCUT2D eigenvalue weighted by atomic mass is 10.2. The Morgan fingerprint density at radius 3 is 2.43 bits per heavy atom. The van der Waals surface area contributed by atoms with Gasteiger partial charge in [-0.15, -0.1) is 0 Å². The molecule has 7 heavy (non-hydrogen) atoms. The number of hydrogen-bond acceptors (Lipinski definition) is 2. The first-order chi connectivity index (χ1) is 3.33. The molecule has 0 aromatic carbocycles. The Morgan fingerprint density at radius 2 is 2.29 bits per heavy atom. The third kappa shape index (κ3) is 1.27. The van der Waals surface area contributed by atoms with Crippen molar-refractivity contribution in [1.82, 2.24) is 8.43 Å². The van der Waals surface area contributed by atoms with Crippen molar-refractivity contribution >= 4 is 22.9 Å². The van der Waals surface area contributed by atoms with Crippen LogP contribution in [0.3, 0.4) is 0 Å². The molecule has 2 nitrogen and oxygen atoms in total. The van der Waals surface area contributed by atoms with Gasteiger partial charge in [0.2, 0.25) is 0 Å². The quantitative estimate of drug-likeness (QED) is 0.494. The molecule has 1 fully saturated rings. The average molecular weight is 212 g/mol. The Kier molecular flexibility index (Phi) is 1.88. The van der Waals surface area contributed by atoms with E-state index in [1.807, 2.05) is 7.05 Å². The van der Waals surface area contributed by atoms with Gasteiger partial charge < -0.3 is 5.32 Å². The van der Waals surface area contributed by atoms with Crippen molar-refractivity contribution in [2.24, 2.45) is 0 Å². The van der Waals surface area contributed by atoms with Gasteiger partial charge in [0, 0.05) is 42.0 Å². The van der Waals surface area contributed by atoms with Crippen molar-refractivity contribution in [3.05, 3.63) is 0 Å². The van der Waals surface area contributed by atoms with Crippen molar-refractivity contribution in [3.8, 4) is 0 Å². The second-order valence-electron chi connectivity index (χ2n) is 1.81. The van der Waals surface area contributed by atoms with Crippen LogP contribution in [0.15, 0.2) is 0 Å². The molecule has 0 bridgehead atoms. The highest BCUT2D eigenvalue weighted by atomic mass is 127. The first-order valence-corrected chi connectivity index (χ1v) is 3.37. The van der Waals surface area contributed by atoms with Crippen molar-refractivity contribution in [3.63, 3.8) is 0 Å². The molecule has 0 unspecified atom stereocenters. The minimum Gasteiger partial charge on any atom is -0.314 e. The minimum atomic E-state index is 0.761. The van der Waals surface area contributed by atoms with Crippen LogP contribution in [0.4, 0.5) is 0 Å². The molecule has 0 aromatic heterocycles. The van der Waals surface area contributed by atoms with Gasteiger partial charge in [0.1, 0.15) is 0 Å². The van der Waals surface area contributed by atoms with Crippen molar-refractivity contribution in [1.29, 1.82) is 0 Å². The Morgan fingerprint density at radius 1 is 1.71 bits per heavy atom. The van der Waals surface area contributed by atoms with Gasteiger partial charge in [-0.05, 0) is 7.05 Å². The summed E-state index contributed by atoms with van der Waals surface area (Å²) in [6.45, 7) is 2.41. The molecule has 1 N–H and O–H groups in total. The summed E-state index contributed by atoms with van der Waals surface area (Å²) < 4.78 is 2.26. The highest BCUT2D eigenvalue weighted by Gasteiger charge is 2.21. The zero-order valence-electron chi connectivity index (χ0n) is 4.32. The smallest absolute Gasteiger partial charge is 0.0336 e. The summed E-state index contributed by atoms with van der Waals surface area (Å²) in [4.78, 5) is 0. The zero-order valence-corrected chi connectivity index (χ0v) is 6.47. The van der Waals surface area contributed by atoms with Gasteiger partial charge in [-0.1, -0.05) is 0 Å². The topological polar surface area (TPSA) is 15.3 Å². The lowest BCUT2D eigenvalue weighted by Crippen LogP contribution is -2.52. The molecule has 1 aliphatic rings. The van der Waals surface area contributed by atoms with Crippen LogP contribution in [0.1, 0.15) is 0 Å². The van der Waals surface area contributed by atoms with Gasteiger partial charge in [-0.25, -0.2) is 3.11 Å². The number of rotatable bonds is 1. The Labute approximate surface area is 57.8 Å². The van der Waals surface area contributed by atoms with Gasteiger partial charge in [-0.3, -0.25) is 0 Å². The van der Waals surface area contributed by atoms with E-state index in [1.165, 1.54) is 13.1 Å². The lowest BCUT2D eigenvalue weighted by molar-refractivity contribution is 0.282. The third-order valence-corrected chi connectivity index (χ3v) is 2.03. The summed E-state index contributed by atoms with van der Waals surface area (Å²) in [6, 6.07) is 0.761. The van der Waals surface area contributed by atoms with E-state index in [4.69, 9.17) is 0 Å². The van der Waals surface area contributed by atoms with Gasteiger partial charge in [0.05, 0.1) is 0 Å². The first kappa shape index (κ1) is 5.78. The number of halogens is 1. The van der Waals surface area contributed by atoms with Crippen molar-refractivity contribution in [2.75, 3.05) is 20.1 Å². The van der Waals surface area contributed by atoms with Crippen LogP contribution in [0.5, 0.6) is 0 Å². The van der Waals surface area contributed by atoms with E-state index in [-0.39, 0.29) is 0 Å². The van der Waals surface area contributed by atoms with E-state index < -0.39 is 0 Å². The van der Waals surface area contributed by atoms with E-state index >= 15 is 0 Å². The maximum absolute atomic E-state index is 3.19. The molecule has 0 aliphatic carbocycles. The van der Waals surface area contributed by atoms with Crippen molar-refractivity contribution < 1.29 is 0 Å². The molecular weight excluding hydrogens is 203 g/mol. The molecular formula is C4H9IN2. The standard InChI is InChI=1S/C4H9IN2/c1-6-4-2-7(5)3-4/h4,6H,2-3H2,1H3. The normalized spacial score (nSPS) is 24.9. The maximum atomic E-state index is 3.19. The fourth-order valence-corrected chi connectivity index (χ4v) is 1.56. The van der Waals surface area contributed by atoms with Crippen LogP contribution < -0.4 is 5.32 Å². The van der Waals surface area contributed by atoms with Gasteiger partial charge in [0.15, 0.2) is 0 Å². The molecule has 0 radical (unpaired) electrons. The molecule has 0 atom stereocenters. The molecule has 42 valence electrons. The summed E-state index contributed by atoms with van der Waals surface area (Å²) in [5, 5.41) is 3.19. The highest BCUT2D eigenvalue weighted by Crippen LogP contribution is 2.11. The summed E-state index contributed by atoms with van der Waals surface area (Å²) in [5.41, 5.74) is 0. The van der Waals surface area contributed by atoms with Gasteiger partial charge in [0.25, 0.3) is 0 Å². The molecule has 1 rings (SSSR count). The van der Waals surface area contributed by atoms with Crippen LogP contribution in [-0.2, 0) is 0 Å². The number of nitrogens with zero attached hydrogens (tertiary/aromatic N) is 1. The molecule has 0 amide bonds. The maximum Gasteiger partial charge on any atom is 0.0336 e. The summed E-state index contributed by atoms with van der Waals surface area (Å²) in [5.74, 6) is 0. The molecule has 3 heteroatoms. The predicted molar refractivity (Wildman–Crippen MR) is 38.4 cm³/mol. The van der Waals surface area contributed by atoms with E-state index in [1.54, 1.807) is 0 Å². The molecule has 1 aliphatic heterocycles. The second kappa shape index (κ2) is 2.28. The molecule has 0 spiro atoms. The fourth-order valence-electron chi connectivity index (χ4n) is 0.607. The van der Waals surface area contributed by atoms with Crippen molar-refractivity contribution in [2.45, 2.75) is 6.04 Å². The predicted octanol–water partition coefficient (Wildman–Crippen LogP) is 0.240. The SMILES string of the molecule is CNC1CN(I)C1. The third-order valence-electron chi connectivity index (χ3n) is 1.25. The fraction of sp³-hybridized carbons (Fsp3) is 1.00. The van der Waals surface area contributed by atoms with Crippen LogP contribution in [0.25, 0.3) is 0 Å². The largest absolute Gasteiger partial charge is 0.314 e. The van der Waals surface area contributed by atoms with Crippen LogP contribution in [-0.4, -0.2) is 29.3 Å². The number of hydrogen-bond donors (Lipinski definition) is 1. The van der Waals surface area contributed by atoms with Crippen LogP contribution in [0, 0.1) is 0 Å². The van der Waals surface area contributed by atoms with Gasteiger partial charge in [-0.2, -0.15) is 0 Å².